The van der Waals surface area contributed by atoms with Gasteiger partial charge in [0.2, 0.25) is 5.91 Å². The fourth-order valence-electron chi connectivity index (χ4n) is 0.730. The molecule has 0 fully saturated rings. The molecule has 0 aliphatic rings. The number of sulfone groups is 1. The van der Waals surface area contributed by atoms with Crippen molar-refractivity contribution in [1.82, 2.24) is 4.90 Å². The van der Waals surface area contributed by atoms with Crippen molar-refractivity contribution in [3.63, 3.8) is 0 Å². The van der Waals surface area contributed by atoms with E-state index in [4.69, 9.17) is 5.73 Å². The fourth-order valence-corrected chi connectivity index (χ4v) is 1.38. The fraction of sp³-hybridized carbons (Fsp3) is 0.857. The first-order valence-electron chi connectivity index (χ1n) is 3.91. The first-order valence-corrected chi connectivity index (χ1v) is 5.97. The highest BCUT2D eigenvalue weighted by Gasteiger charge is 2.18. The van der Waals surface area contributed by atoms with Gasteiger partial charge in [0.1, 0.15) is 5.75 Å². The Morgan fingerprint density at radius 3 is 2.31 bits per heavy atom. The monoisotopic (exact) mass is 208 g/mol. The van der Waals surface area contributed by atoms with Gasteiger partial charge in [-0.2, -0.15) is 0 Å². The maximum Gasteiger partial charge on any atom is 0.237 e. The highest BCUT2D eigenvalue weighted by Crippen LogP contribution is 1.96. The number of carbonyl (C=O) groups excluding carboxylic acids is 1. The molecule has 0 aliphatic carbocycles. The average Bonchev–Trinajstić information content (AvgIpc) is 1.98. The molecule has 0 bridgehead atoms. The van der Waals surface area contributed by atoms with Crippen molar-refractivity contribution in [1.29, 1.82) is 0 Å². The van der Waals surface area contributed by atoms with E-state index in [1.165, 1.54) is 4.90 Å². The van der Waals surface area contributed by atoms with Crippen LogP contribution in [-0.2, 0) is 14.6 Å². The van der Waals surface area contributed by atoms with E-state index in [1.54, 1.807) is 14.0 Å². The third-order valence-electron chi connectivity index (χ3n) is 1.78. The van der Waals surface area contributed by atoms with Crippen LogP contribution in [0, 0.1) is 0 Å². The molecule has 0 saturated carbocycles. The van der Waals surface area contributed by atoms with Crippen LogP contribution in [0.15, 0.2) is 0 Å². The Morgan fingerprint density at radius 1 is 1.54 bits per heavy atom. The average molecular weight is 208 g/mol. The molecule has 1 atom stereocenters. The second kappa shape index (κ2) is 4.57. The summed E-state index contributed by atoms with van der Waals surface area (Å²) in [6, 6.07) is -0.130. The molecule has 78 valence electrons. The summed E-state index contributed by atoms with van der Waals surface area (Å²) in [6.45, 7) is 2.09. The summed E-state index contributed by atoms with van der Waals surface area (Å²) < 4.78 is 21.6. The molecule has 0 aromatic carbocycles. The number of hydrogen-bond acceptors (Lipinski definition) is 4. The first-order chi connectivity index (χ1) is 5.78. The summed E-state index contributed by atoms with van der Waals surface area (Å²) >= 11 is 0. The predicted octanol–water partition coefficient (Wildman–Crippen LogP) is -1.16. The van der Waals surface area contributed by atoms with Crippen LogP contribution in [0.3, 0.4) is 0 Å². The molecule has 0 aromatic rings. The highest BCUT2D eigenvalue weighted by molar-refractivity contribution is 7.91. The molecule has 0 rings (SSSR count). The minimum Gasteiger partial charge on any atom is -0.341 e. The molecule has 0 aliphatic heterocycles. The topological polar surface area (TPSA) is 80.5 Å². The minimum atomic E-state index is -3.24. The van der Waals surface area contributed by atoms with E-state index >= 15 is 0 Å². The number of likely N-dealkylation sites (N-methyl/N-ethyl adjacent to an activating group) is 1. The van der Waals surface area contributed by atoms with E-state index in [-0.39, 0.29) is 6.04 Å². The number of nitrogens with two attached hydrogens (primary N) is 1. The highest BCUT2D eigenvalue weighted by atomic mass is 32.2. The summed E-state index contributed by atoms with van der Waals surface area (Å²) in [7, 11) is -1.70. The van der Waals surface area contributed by atoms with Crippen LogP contribution < -0.4 is 5.73 Å². The maximum atomic E-state index is 11.3. The van der Waals surface area contributed by atoms with Crippen molar-refractivity contribution < 1.29 is 13.2 Å². The number of hydrogen-bond donors (Lipinski definition) is 1. The Balaban J connectivity index is 4.28. The smallest absolute Gasteiger partial charge is 0.237 e. The van der Waals surface area contributed by atoms with Crippen LogP contribution in [0.25, 0.3) is 0 Å². The SMILES string of the molecule is CC(CN)N(C)C(=O)CS(C)(=O)=O. The van der Waals surface area contributed by atoms with Gasteiger partial charge in [0.25, 0.3) is 0 Å². The standard InChI is InChI=1S/C7H16N2O3S/c1-6(4-8)9(2)7(10)5-13(3,11)12/h6H,4-5,8H2,1-3H3. The van der Waals surface area contributed by atoms with Gasteiger partial charge >= 0.3 is 0 Å². The van der Waals surface area contributed by atoms with E-state index in [0.29, 0.717) is 6.54 Å². The Bertz CT molecular complexity index is 273. The molecule has 1 amide bonds. The number of carbonyl (C=O) groups is 1. The summed E-state index contributed by atoms with van der Waals surface area (Å²) in [5, 5.41) is 0. The maximum absolute atomic E-state index is 11.3. The summed E-state index contributed by atoms with van der Waals surface area (Å²) in [5.74, 6) is -0.867. The van der Waals surface area contributed by atoms with Gasteiger partial charge in [-0.25, -0.2) is 8.42 Å². The zero-order chi connectivity index (χ0) is 10.6. The normalized spacial score (nSPS) is 13.8. The van der Waals surface area contributed by atoms with Gasteiger partial charge in [0, 0.05) is 25.9 Å². The Morgan fingerprint density at radius 2 is 2.00 bits per heavy atom. The van der Waals surface area contributed by atoms with Crippen molar-refractivity contribution >= 4 is 15.7 Å². The predicted molar refractivity (Wildman–Crippen MR) is 51.0 cm³/mol. The molecular formula is C7H16N2O3S. The van der Waals surface area contributed by atoms with Crippen molar-refractivity contribution in [2.45, 2.75) is 13.0 Å². The molecule has 0 spiro atoms. The molecule has 5 nitrogen and oxygen atoms in total. The molecule has 0 heterocycles. The lowest BCUT2D eigenvalue weighted by atomic mass is 10.3. The van der Waals surface area contributed by atoms with Gasteiger partial charge in [-0.3, -0.25) is 4.79 Å². The molecule has 0 radical (unpaired) electrons. The lowest BCUT2D eigenvalue weighted by Gasteiger charge is -2.23. The van der Waals surface area contributed by atoms with Crippen LogP contribution >= 0.6 is 0 Å². The molecule has 1 unspecified atom stereocenters. The van der Waals surface area contributed by atoms with Gasteiger partial charge < -0.3 is 10.6 Å². The number of rotatable bonds is 4. The largest absolute Gasteiger partial charge is 0.341 e. The zero-order valence-electron chi connectivity index (χ0n) is 8.15. The molecule has 6 heteroatoms. The first kappa shape index (κ1) is 12.4. The van der Waals surface area contributed by atoms with Crippen molar-refractivity contribution in [3.8, 4) is 0 Å². The molecular weight excluding hydrogens is 192 g/mol. The van der Waals surface area contributed by atoms with Crippen LogP contribution in [0.5, 0.6) is 0 Å². The van der Waals surface area contributed by atoms with Gasteiger partial charge in [0.05, 0.1) is 0 Å². The Labute approximate surface area is 78.8 Å². The van der Waals surface area contributed by atoms with Gasteiger partial charge in [-0.15, -0.1) is 0 Å². The van der Waals surface area contributed by atoms with Gasteiger partial charge in [0.15, 0.2) is 9.84 Å². The van der Waals surface area contributed by atoms with E-state index in [1.807, 2.05) is 0 Å². The van der Waals surface area contributed by atoms with Crippen LogP contribution in [-0.4, -0.2) is 50.9 Å². The zero-order valence-corrected chi connectivity index (χ0v) is 8.97. The van der Waals surface area contributed by atoms with Gasteiger partial charge in [-0.1, -0.05) is 0 Å². The van der Waals surface area contributed by atoms with E-state index < -0.39 is 21.5 Å². The van der Waals surface area contributed by atoms with E-state index in [2.05, 4.69) is 0 Å². The Hall–Kier alpha value is -0.620. The van der Waals surface area contributed by atoms with E-state index in [9.17, 15) is 13.2 Å². The van der Waals surface area contributed by atoms with Crippen molar-refractivity contribution in [2.75, 3.05) is 25.6 Å². The number of amides is 1. The molecule has 0 saturated heterocycles. The molecule has 2 N–H and O–H groups in total. The lowest BCUT2D eigenvalue weighted by Crippen LogP contribution is -2.42. The summed E-state index contributed by atoms with van der Waals surface area (Å²) in [5.41, 5.74) is 5.33. The summed E-state index contributed by atoms with van der Waals surface area (Å²) in [4.78, 5) is 12.6. The third kappa shape index (κ3) is 4.84. The minimum absolute atomic E-state index is 0.130. The van der Waals surface area contributed by atoms with Crippen molar-refractivity contribution in [3.05, 3.63) is 0 Å². The lowest BCUT2D eigenvalue weighted by molar-refractivity contribution is -0.128. The molecule has 13 heavy (non-hydrogen) atoms. The third-order valence-corrected chi connectivity index (χ3v) is 2.55. The Kier molecular flexibility index (Phi) is 4.35. The van der Waals surface area contributed by atoms with Crippen LogP contribution in [0.2, 0.25) is 0 Å². The number of nitrogens with zero attached hydrogens (tertiary/aromatic N) is 1. The molecule has 0 aromatic heterocycles. The van der Waals surface area contributed by atoms with Crippen LogP contribution in [0.1, 0.15) is 6.92 Å². The van der Waals surface area contributed by atoms with Gasteiger partial charge in [-0.05, 0) is 6.92 Å². The second-order valence-corrected chi connectivity index (χ2v) is 5.30. The van der Waals surface area contributed by atoms with Crippen molar-refractivity contribution in [2.24, 2.45) is 5.73 Å². The second-order valence-electron chi connectivity index (χ2n) is 3.16. The summed E-state index contributed by atoms with van der Waals surface area (Å²) in [6.07, 6.45) is 1.03. The van der Waals surface area contributed by atoms with E-state index in [0.717, 1.165) is 6.26 Å². The van der Waals surface area contributed by atoms with Crippen LogP contribution in [0.4, 0.5) is 0 Å². The quantitative estimate of drug-likeness (QED) is 0.631.